The molecule has 1 aromatic carbocycles. The number of nitriles is 1. The van der Waals surface area contributed by atoms with Crippen LogP contribution in [0.25, 0.3) is 0 Å². The molecule has 0 aliphatic rings. The van der Waals surface area contributed by atoms with E-state index in [0.717, 1.165) is 13.2 Å². The van der Waals surface area contributed by atoms with Crippen molar-refractivity contribution in [3.05, 3.63) is 28.8 Å². The Kier molecular flexibility index (Phi) is 3.63. The van der Waals surface area contributed by atoms with Gasteiger partial charge in [0.15, 0.2) is 0 Å². The van der Waals surface area contributed by atoms with E-state index < -0.39 is 28.1 Å². The Morgan fingerprint density at radius 2 is 2.06 bits per heavy atom. The Bertz CT molecular complexity index is 505. The van der Waals surface area contributed by atoms with Crippen LogP contribution in [0, 0.1) is 11.3 Å². The van der Waals surface area contributed by atoms with Gasteiger partial charge in [0.1, 0.15) is 5.75 Å². The fraction of sp³-hybridized carbons (Fsp3) is 0.200. The molecule has 0 N–H and O–H groups in total. The Morgan fingerprint density at radius 3 is 2.41 bits per heavy atom. The first-order valence-electron chi connectivity index (χ1n) is 4.20. The van der Waals surface area contributed by atoms with Crippen LogP contribution in [0.3, 0.4) is 0 Å². The lowest BCUT2D eigenvalue weighted by Crippen LogP contribution is -2.10. The van der Waals surface area contributed by atoms with Crippen molar-refractivity contribution in [2.45, 2.75) is 6.18 Å². The first-order chi connectivity index (χ1) is 7.81. The number of rotatable bonds is 2. The normalized spacial score (nSPS) is 10.8. The summed E-state index contributed by atoms with van der Waals surface area (Å²) in [5.41, 5.74) is -2.28. The van der Waals surface area contributed by atoms with Crippen LogP contribution in [-0.2, 0) is 6.18 Å². The Morgan fingerprint density at radius 1 is 1.47 bits per heavy atom. The predicted molar refractivity (Wildman–Crippen MR) is 52.9 cm³/mol. The van der Waals surface area contributed by atoms with E-state index in [9.17, 15) is 18.0 Å². The second-order valence-electron chi connectivity index (χ2n) is 2.98. The summed E-state index contributed by atoms with van der Waals surface area (Å²) in [4.78, 5) is 10.9. The molecule has 7 heteroatoms. The Labute approximate surface area is 99.4 Å². The molecule has 3 nitrogen and oxygen atoms in total. The van der Waals surface area contributed by atoms with Crippen LogP contribution in [0.1, 0.15) is 21.5 Å². The summed E-state index contributed by atoms with van der Waals surface area (Å²) in [5.74, 6) is -0.172. The molecule has 0 aliphatic heterocycles. The van der Waals surface area contributed by atoms with Gasteiger partial charge in [-0.05, 0) is 23.7 Å². The molecule has 0 spiro atoms. The standard InChI is InChI=1S/C10H5ClF3NO2/c1-17-8-2-5(4-15)7(10(12,13)14)3-6(8)9(11)16/h2-3H,1H3. The van der Waals surface area contributed by atoms with E-state index in [1.807, 2.05) is 0 Å². The van der Waals surface area contributed by atoms with E-state index in [1.165, 1.54) is 6.07 Å². The molecule has 0 amide bonds. The number of carbonyl (C=O) groups excluding carboxylic acids is 1. The highest BCUT2D eigenvalue weighted by molar-refractivity contribution is 6.68. The lowest BCUT2D eigenvalue weighted by molar-refractivity contribution is -0.137. The highest BCUT2D eigenvalue weighted by Gasteiger charge is 2.35. The number of nitrogens with zero attached hydrogens (tertiary/aromatic N) is 1. The average Bonchev–Trinajstić information content (AvgIpc) is 2.25. The number of alkyl halides is 3. The SMILES string of the molecule is COc1cc(C#N)c(C(F)(F)F)cc1C(=O)Cl. The summed E-state index contributed by atoms with van der Waals surface area (Å²) in [6, 6.07) is 2.73. The average molecular weight is 264 g/mol. The third-order valence-corrected chi connectivity index (χ3v) is 2.18. The number of carbonyl (C=O) groups is 1. The molecular weight excluding hydrogens is 259 g/mol. The maximum absolute atomic E-state index is 12.6. The molecule has 17 heavy (non-hydrogen) atoms. The van der Waals surface area contributed by atoms with Crippen molar-refractivity contribution in [1.29, 1.82) is 5.26 Å². The molecule has 0 bridgehead atoms. The van der Waals surface area contributed by atoms with Gasteiger partial charge in [-0.1, -0.05) is 0 Å². The van der Waals surface area contributed by atoms with Crippen LogP contribution in [-0.4, -0.2) is 12.4 Å². The van der Waals surface area contributed by atoms with Gasteiger partial charge < -0.3 is 4.74 Å². The lowest BCUT2D eigenvalue weighted by atomic mass is 10.0. The molecule has 0 aliphatic carbocycles. The zero-order chi connectivity index (χ0) is 13.2. The highest BCUT2D eigenvalue weighted by Crippen LogP contribution is 2.36. The van der Waals surface area contributed by atoms with Crippen LogP contribution >= 0.6 is 11.6 Å². The van der Waals surface area contributed by atoms with Crippen molar-refractivity contribution in [1.82, 2.24) is 0 Å². The van der Waals surface area contributed by atoms with Crippen molar-refractivity contribution in [3.63, 3.8) is 0 Å². The van der Waals surface area contributed by atoms with Crippen LogP contribution in [0.2, 0.25) is 0 Å². The van der Waals surface area contributed by atoms with Gasteiger partial charge in [-0.25, -0.2) is 0 Å². The first kappa shape index (κ1) is 13.3. The van der Waals surface area contributed by atoms with Gasteiger partial charge in [-0.15, -0.1) is 0 Å². The van der Waals surface area contributed by atoms with Gasteiger partial charge in [0.2, 0.25) is 0 Å². The van der Waals surface area contributed by atoms with Crippen LogP contribution in [0.4, 0.5) is 13.2 Å². The van der Waals surface area contributed by atoms with Gasteiger partial charge in [-0.3, -0.25) is 4.79 Å². The van der Waals surface area contributed by atoms with E-state index >= 15 is 0 Å². The van der Waals surface area contributed by atoms with Crippen LogP contribution in [0.15, 0.2) is 12.1 Å². The molecule has 0 aromatic heterocycles. The number of benzene rings is 1. The Balaban J connectivity index is 3.58. The minimum absolute atomic E-state index is 0.172. The number of hydrogen-bond donors (Lipinski definition) is 0. The number of ether oxygens (including phenoxy) is 1. The maximum Gasteiger partial charge on any atom is 0.417 e. The second-order valence-corrected chi connectivity index (χ2v) is 3.32. The number of halogens is 4. The molecule has 1 rings (SSSR count). The topological polar surface area (TPSA) is 50.1 Å². The molecule has 0 saturated heterocycles. The van der Waals surface area contributed by atoms with Crippen molar-refractivity contribution >= 4 is 16.8 Å². The predicted octanol–water partition coefficient (Wildman–Crippen LogP) is 2.96. The molecule has 0 fully saturated rings. The molecule has 1 aromatic rings. The zero-order valence-corrected chi connectivity index (χ0v) is 9.19. The van der Waals surface area contributed by atoms with Crippen molar-refractivity contribution < 1.29 is 22.7 Å². The van der Waals surface area contributed by atoms with Gasteiger partial charge in [-0.2, -0.15) is 18.4 Å². The number of methoxy groups -OCH3 is 1. The van der Waals surface area contributed by atoms with E-state index in [-0.39, 0.29) is 5.75 Å². The second kappa shape index (κ2) is 4.63. The summed E-state index contributed by atoms with van der Waals surface area (Å²) in [5, 5.41) is 7.52. The van der Waals surface area contributed by atoms with E-state index in [0.29, 0.717) is 6.07 Å². The maximum atomic E-state index is 12.6. The van der Waals surface area contributed by atoms with Gasteiger partial charge in [0.05, 0.1) is 29.9 Å². The van der Waals surface area contributed by atoms with E-state index in [2.05, 4.69) is 0 Å². The fourth-order valence-electron chi connectivity index (χ4n) is 1.23. The van der Waals surface area contributed by atoms with E-state index in [4.69, 9.17) is 21.6 Å². The van der Waals surface area contributed by atoms with Crippen LogP contribution < -0.4 is 4.74 Å². The summed E-state index contributed by atoms with van der Waals surface area (Å²) in [6.45, 7) is 0. The van der Waals surface area contributed by atoms with E-state index in [1.54, 1.807) is 0 Å². The van der Waals surface area contributed by atoms with Crippen molar-refractivity contribution in [2.75, 3.05) is 7.11 Å². The zero-order valence-electron chi connectivity index (χ0n) is 8.43. The quantitative estimate of drug-likeness (QED) is 0.771. The number of hydrogen-bond acceptors (Lipinski definition) is 3. The molecule has 0 unspecified atom stereocenters. The Hall–Kier alpha value is -1.74. The third-order valence-electron chi connectivity index (χ3n) is 1.98. The monoisotopic (exact) mass is 263 g/mol. The molecule has 90 valence electrons. The van der Waals surface area contributed by atoms with Gasteiger partial charge in [0.25, 0.3) is 5.24 Å². The molecule has 0 atom stereocenters. The molecule has 0 radical (unpaired) electrons. The minimum Gasteiger partial charge on any atom is -0.496 e. The van der Waals surface area contributed by atoms with Crippen LogP contribution in [0.5, 0.6) is 5.75 Å². The summed E-state index contributed by atoms with van der Waals surface area (Å²) >= 11 is 5.14. The summed E-state index contributed by atoms with van der Waals surface area (Å²) in [7, 11) is 1.16. The largest absolute Gasteiger partial charge is 0.496 e. The highest BCUT2D eigenvalue weighted by atomic mass is 35.5. The van der Waals surface area contributed by atoms with Gasteiger partial charge in [0, 0.05) is 0 Å². The van der Waals surface area contributed by atoms with Crippen molar-refractivity contribution in [2.24, 2.45) is 0 Å². The smallest absolute Gasteiger partial charge is 0.417 e. The third kappa shape index (κ3) is 2.68. The van der Waals surface area contributed by atoms with Gasteiger partial charge >= 0.3 is 6.18 Å². The molecule has 0 saturated carbocycles. The summed E-state index contributed by atoms with van der Waals surface area (Å²) in [6.07, 6.45) is -4.74. The minimum atomic E-state index is -4.74. The first-order valence-corrected chi connectivity index (χ1v) is 4.58. The molecule has 0 heterocycles. The molecular formula is C10H5ClF3NO2. The summed E-state index contributed by atoms with van der Waals surface area (Å²) < 4.78 is 42.4. The fourth-order valence-corrected chi connectivity index (χ4v) is 1.38. The van der Waals surface area contributed by atoms with Crippen molar-refractivity contribution in [3.8, 4) is 11.8 Å². The lowest BCUT2D eigenvalue weighted by Gasteiger charge is -2.12.